The Morgan fingerprint density at radius 2 is 1.39 bits per heavy atom. The second-order valence-corrected chi connectivity index (χ2v) is 5.73. The van der Waals surface area contributed by atoms with Crippen LogP contribution in [0.15, 0.2) is 24.3 Å². The summed E-state index contributed by atoms with van der Waals surface area (Å²) in [4.78, 5) is 2.53. The topological polar surface area (TPSA) is 12.5 Å². The maximum atomic E-state index is 5.21. The predicted octanol–water partition coefficient (Wildman–Crippen LogP) is 6.22. The summed E-state index contributed by atoms with van der Waals surface area (Å²) < 4.78 is 5.21. The molecule has 1 heterocycles. The molecule has 0 amide bonds. The molecule has 0 aromatic heterocycles. The molecule has 23 heavy (non-hydrogen) atoms. The van der Waals surface area contributed by atoms with Gasteiger partial charge in [0.25, 0.3) is 0 Å². The number of para-hydroxylation sites is 1. The van der Waals surface area contributed by atoms with Gasteiger partial charge in [0.05, 0.1) is 7.11 Å². The second kappa shape index (κ2) is 16.9. The molecule has 0 spiro atoms. The maximum absolute atomic E-state index is 5.21. The molecule has 1 aliphatic heterocycles. The van der Waals surface area contributed by atoms with Gasteiger partial charge < -0.3 is 9.64 Å². The molecule has 1 aromatic carbocycles. The molecule has 0 N–H and O–H groups in total. The van der Waals surface area contributed by atoms with Crippen molar-refractivity contribution in [3.63, 3.8) is 0 Å². The van der Waals surface area contributed by atoms with Crippen LogP contribution in [0.25, 0.3) is 0 Å². The first-order valence-corrected chi connectivity index (χ1v) is 7.43. The van der Waals surface area contributed by atoms with Crippen molar-refractivity contribution in [1.82, 2.24) is 4.90 Å². The summed E-state index contributed by atoms with van der Waals surface area (Å²) in [6.07, 6.45) is 2.83. The van der Waals surface area contributed by atoms with Gasteiger partial charge in [0, 0.05) is 38.8 Å². The van der Waals surface area contributed by atoms with Crippen molar-refractivity contribution in [1.29, 1.82) is 0 Å². The van der Waals surface area contributed by atoms with Crippen LogP contribution in [0.2, 0.25) is 0 Å². The Morgan fingerprint density at radius 3 is 1.70 bits per heavy atom. The molecule has 1 saturated heterocycles. The van der Waals surface area contributed by atoms with Gasteiger partial charge in [-0.1, -0.05) is 54.3 Å². The van der Waals surface area contributed by atoms with Crippen molar-refractivity contribution in [3.8, 4) is 5.75 Å². The Morgan fingerprint density at radius 1 is 0.913 bits per heavy atom. The molecule has 2 rings (SSSR count). The predicted molar refractivity (Wildman–Crippen MR) is 103 cm³/mol. The fourth-order valence-corrected chi connectivity index (χ4v) is 2.40. The summed E-state index contributed by atoms with van der Waals surface area (Å²) in [5.41, 5.74) is 1.27. The second-order valence-electron chi connectivity index (χ2n) is 5.73. The van der Waals surface area contributed by atoms with Crippen molar-refractivity contribution in [3.05, 3.63) is 29.8 Å². The van der Waals surface area contributed by atoms with E-state index in [1.807, 2.05) is 18.2 Å². The molecule has 135 valence electrons. The molecular formula is C20H41NOY. The molecular weight excluding hydrogens is 359 g/mol. The molecule has 1 fully saturated rings. The monoisotopic (exact) mass is 400 g/mol. The van der Waals surface area contributed by atoms with E-state index in [2.05, 4.69) is 38.7 Å². The van der Waals surface area contributed by atoms with Crippen LogP contribution in [0, 0.1) is 0 Å². The first kappa shape index (κ1) is 30.9. The number of nitrogens with zero attached hydrogens (tertiary/aromatic N) is 1. The summed E-state index contributed by atoms with van der Waals surface area (Å²) in [5.74, 6) is 1.52. The van der Waals surface area contributed by atoms with Gasteiger partial charge >= 0.3 is 0 Å². The smallest absolute Gasteiger partial charge is 0.122 e. The molecule has 3 heteroatoms. The Hall–Kier alpha value is 0.0839. The van der Waals surface area contributed by atoms with Crippen LogP contribution < -0.4 is 4.74 Å². The van der Waals surface area contributed by atoms with Gasteiger partial charge in [0.15, 0.2) is 0 Å². The van der Waals surface area contributed by atoms with E-state index in [9.17, 15) is 0 Å². The number of hydrogen-bond acceptors (Lipinski definition) is 2. The van der Waals surface area contributed by atoms with Crippen molar-refractivity contribution < 1.29 is 37.4 Å². The Bertz CT molecular complexity index is 360. The molecule has 1 radical (unpaired) electrons. The van der Waals surface area contributed by atoms with E-state index in [4.69, 9.17) is 4.74 Å². The van der Waals surface area contributed by atoms with Crippen LogP contribution in [-0.2, 0) is 32.7 Å². The fourth-order valence-electron chi connectivity index (χ4n) is 2.40. The van der Waals surface area contributed by atoms with E-state index in [-0.39, 0.29) is 55.0 Å². The Kier molecular flexibility index (Phi) is 22.7. The molecule has 2 nitrogen and oxygen atoms in total. The minimum absolute atomic E-state index is 0. The van der Waals surface area contributed by atoms with E-state index in [1.165, 1.54) is 31.5 Å². The van der Waals surface area contributed by atoms with Crippen LogP contribution in [0.5, 0.6) is 5.75 Å². The van der Waals surface area contributed by atoms with Crippen LogP contribution in [0.4, 0.5) is 0 Å². The number of likely N-dealkylation sites (tertiary alicyclic amines) is 1. The maximum Gasteiger partial charge on any atom is 0.122 e. The zero-order valence-corrected chi connectivity index (χ0v) is 16.6. The molecule has 0 aliphatic carbocycles. The standard InChI is InChI=1S/C10H14O.C7H15N.3CH4.Y/c1-8(2)9-6-4-5-7-10(9)11-3;1-7(2)8-5-3-4-6-8;;;;/h4-8H,1-3H3;7H,3-6H2,1-2H3;3*1H4;. The van der Waals surface area contributed by atoms with Crippen LogP contribution in [-0.4, -0.2) is 31.1 Å². The number of ether oxygens (including phenoxy) is 1. The summed E-state index contributed by atoms with van der Waals surface area (Å²) in [7, 11) is 1.71. The molecule has 0 bridgehead atoms. The zero-order valence-electron chi connectivity index (χ0n) is 13.7. The van der Waals surface area contributed by atoms with Gasteiger partial charge in [0.2, 0.25) is 0 Å². The number of benzene rings is 1. The van der Waals surface area contributed by atoms with Crippen molar-refractivity contribution >= 4 is 0 Å². The van der Waals surface area contributed by atoms with Crippen molar-refractivity contribution in [2.45, 2.75) is 74.8 Å². The third kappa shape index (κ3) is 11.3. The first-order chi connectivity index (χ1) is 9.06. The van der Waals surface area contributed by atoms with E-state index >= 15 is 0 Å². The minimum atomic E-state index is 0. The first-order valence-electron chi connectivity index (χ1n) is 7.43. The Balaban J connectivity index is -0.000000138. The molecule has 0 atom stereocenters. The third-order valence-corrected chi connectivity index (χ3v) is 3.63. The molecule has 1 aliphatic rings. The minimum Gasteiger partial charge on any atom is -0.496 e. The summed E-state index contributed by atoms with van der Waals surface area (Å²) in [5, 5.41) is 0. The summed E-state index contributed by atoms with van der Waals surface area (Å²) >= 11 is 0. The third-order valence-electron chi connectivity index (χ3n) is 3.63. The molecule has 0 unspecified atom stereocenters. The molecule has 1 aromatic rings. The zero-order chi connectivity index (χ0) is 14.3. The van der Waals surface area contributed by atoms with E-state index in [0.29, 0.717) is 5.92 Å². The van der Waals surface area contributed by atoms with Gasteiger partial charge in [0.1, 0.15) is 5.75 Å². The van der Waals surface area contributed by atoms with Crippen LogP contribution in [0.1, 0.15) is 74.3 Å². The van der Waals surface area contributed by atoms with Gasteiger partial charge in [-0.25, -0.2) is 0 Å². The SMILES string of the molecule is C.C.C.CC(C)N1CCCC1.COc1ccccc1C(C)C.[Y]. The molecule has 0 saturated carbocycles. The number of methoxy groups -OCH3 is 1. The summed E-state index contributed by atoms with van der Waals surface area (Å²) in [6.45, 7) is 11.5. The van der Waals surface area contributed by atoms with E-state index in [1.54, 1.807) is 7.11 Å². The normalized spacial score (nSPS) is 12.8. The van der Waals surface area contributed by atoms with Crippen LogP contribution >= 0.6 is 0 Å². The number of hydrogen-bond donors (Lipinski definition) is 0. The Labute approximate surface area is 172 Å². The van der Waals surface area contributed by atoms with Gasteiger partial charge in [-0.05, 0) is 57.3 Å². The van der Waals surface area contributed by atoms with Gasteiger partial charge in [-0.3, -0.25) is 0 Å². The van der Waals surface area contributed by atoms with Gasteiger partial charge in [-0.15, -0.1) is 0 Å². The fraction of sp³-hybridized carbons (Fsp3) is 0.700. The summed E-state index contributed by atoms with van der Waals surface area (Å²) in [6, 6.07) is 8.90. The average Bonchev–Trinajstić information content (AvgIpc) is 2.93. The van der Waals surface area contributed by atoms with E-state index in [0.717, 1.165) is 11.8 Å². The van der Waals surface area contributed by atoms with E-state index < -0.39 is 0 Å². The van der Waals surface area contributed by atoms with Gasteiger partial charge in [-0.2, -0.15) is 0 Å². The van der Waals surface area contributed by atoms with Crippen molar-refractivity contribution in [2.24, 2.45) is 0 Å². The largest absolute Gasteiger partial charge is 0.496 e. The quantitative estimate of drug-likeness (QED) is 0.598. The average molecular weight is 400 g/mol. The van der Waals surface area contributed by atoms with Crippen molar-refractivity contribution in [2.75, 3.05) is 20.2 Å². The van der Waals surface area contributed by atoms with Crippen LogP contribution in [0.3, 0.4) is 0 Å². The number of rotatable bonds is 3.